The van der Waals surface area contributed by atoms with Gasteiger partial charge >= 0.3 is 5.97 Å². The lowest BCUT2D eigenvalue weighted by Crippen LogP contribution is -2.56. The van der Waals surface area contributed by atoms with Crippen LogP contribution in [-0.4, -0.2) is 32.2 Å². The number of piperidine rings is 1. The highest BCUT2D eigenvalue weighted by Crippen LogP contribution is 2.45. The van der Waals surface area contributed by atoms with Crippen molar-refractivity contribution in [1.29, 1.82) is 0 Å². The van der Waals surface area contributed by atoms with Crippen LogP contribution in [0.4, 0.5) is 0 Å². The van der Waals surface area contributed by atoms with Crippen LogP contribution in [0.5, 0.6) is 0 Å². The first-order valence-electron chi connectivity index (χ1n) is 8.31. The minimum absolute atomic E-state index is 0.0220. The molecule has 1 aliphatic heterocycles. The number of esters is 1. The summed E-state index contributed by atoms with van der Waals surface area (Å²) in [6.07, 6.45) is 4.10. The van der Waals surface area contributed by atoms with Crippen molar-refractivity contribution >= 4 is 5.97 Å². The van der Waals surface area contributed by atoms with Gasteiger partial charge in [-0.25, -0.2) is 0 Å². The van der Waals surface area contributed by atoms with E-state index in [9.17, 15) is 4.79 Å². The molecule has 2 N–H and O–H groups in total. The third kappa shape index (κ3) is 3.03. The summed E-state index contributed by atoms with van der Waals surface area (Å²) in [7, 11) is 1.52. The molecule has 0 unspecified atom stereocenters. The first-order chi connectivity index (χ1) is 10.7. The molecule has 0 bridgehead atoms. The molecule has 1 heterocycles. The van der Waals surface area contributed by atoms with Gasteiger partial charge in [0, 0.05) is 19.1 Å². The van der Waals surface area contributed by atoms with E-state index in [2.05, 4.69) is 34.9 Å². The number of hydrogen-bond donors (Lipinski definition) is 2. The monoisotopic (exact) mass is 302 g/mol. The van der Waals surface area contributed by atoms with Gasteiger partial charge < -0.3 is 15.4 Å². The van der Waals surface area contributed by atoms with Crippen molar-refractivity contribution in [3.63, 3.8) is 0 Å². The van der Waals surface area contributed by atoms with Crippen LogP contribution in [0.2, 0.25) is 0 Å². The van der Waals surface area contributed by atoms with Crippen LogP contribution in [0, 0.1) is 11.3 Å². The van der Waals surface area contributed by atoms with Crippen molar-refractivity contribution in [2.24, 2.45) is 11.3 Å². The Morgan fingerprint density at radius 3 is 2.95 bits per heavy atom. The topological polar surface area (TPSA) is 50.4 Å². The molecule has 0 amide bonds. The van der Waals surface area contributed by atoms with Crippen LogP contribution < -0.4 is 10.6 Å². The highest BCUT2D eigenvalue weighted by molar-refractivity contribution is 5.78. The van der Waals surface area contributed by atoms with Crippen molar-refractivity contribution in [3.8, 4) is 0 Å². The molecule has 1 aliphatic carbocycles. The molecular weight excluding hydrogens is 276 g/mol. The molecule has 2 fully saturated rings. The van der Waals surface area contributed by atoms with Crippen LogP contribution >= 0.6 is 0 Å². The maximum absolute atomic E-state index is 12.3. The quantitative estimate of drug-likeness (QED) is 0.836. The maximum atomic E-state index is 12.3. The lowest BCUT2D eigenvalue weighted by molar-refractivity contribution is -0.161. The first-order valence-corrected chi connectivity index (χ1v) is 8.31. The number of nitrogens with one attached hydrogen (secondary N) is 2. The molecule has 4 heteroatoms. The van der Waals surface area contributed by atoms with E-state index >= 15 is 0 Å². The Labute approximate surface area is 132 Å². The second kappa shape index (κ2) is 6.80. The molecule has 2 aliphatic rings. The van der Waals surface area contributed by atoms with E-state index in [0.717, 1.165) is 45.3 Å². The minimum atomic E-state index is -0.294. The second-order valence-electron chi connectivity index (χ2n) is 6.65. The Kier molecular flexibility index (Phi) is 4.79. The fourth-order valence-electron chi connectivity index (χ4n) is 4.13. The summed E-state index contributed by atoms with van der Waals surface area (Å²) in [5.41, 5.74) is 1.02. The van der Waals surface area contributed by atoms with Gasteiger partial charge in [-0.2, -0.15) is 0 Å². The Bertz CT molecular complexity index is 505. The van der Waals surface area contributed by atoms with Crippen molar-refractivity contribution in [1.82, 2.24) is 10.6 Å². The molecule has 0 spiro atoms. The molecule has 22 heavy (non-hydrogen) atoms. The number of benzene rings is 1. The van der Waals surface area contributed by atoms with E-state index in [-0.39, 0.29) is 11.4 Å². The van der Waals surface area contributed by atoms with E-state index in [4.69, 9.17) is 4.74 Å². The minimum Gasteiger partial charge on any atom is -0.469 e. The zero-order chi connectivity index (χ0) is 15.4. The fraction of sp³-hybridized carbons (Fsp3) is 0.611. The Balaban J connectivity index is 1.61. The number of carbonyl (C=O) groups excluding carboxylic acids is 1. The number of carbonyl (C=O) groups is 1. The van der Waals surface area contributed by atoms with E-state index in [1.807, 2.05) is 6.07 Å². The average molecular weight is 302 g/mol. The van der Waals surface area contributed by atoms with Gasteiger partial charge in [-0.1, -0.05) is 30.3 Å². The Morgan fingerprint density at radius 2 is 2.18 bits per heavy atom. The molecule has 3 rings (SSSR count). The van der Waals surface area contributed by atoms with Crippen molar-refractivity contribution in [2.75, 3.05) is 20.2 Å². The third-order valence-corrected chi connectivity index (χ3v) is 5.43. The molecule has 0 aromatic heterocycles. The summed E-state index contributed by atoms with van der Waals surface area (Å²) in [6.45, 7) is 2.69. The van der Waals surface area contributed by atoms with Gasteiger partial charge in [0.05, 0.1) is 12.5 Å². The molecule has 1 aromatic carbocycles. The molecular formula is C18H26N2O2. The highest BCUT2D eigenvalue weighted by atomic mass is 16.5. The van der Waals surface area contributed by atoms with E-state index in [1.165, 1.54) is 12.7 Å². The van der Waals surface area contributed by atoms with Crippen molar-refractivity contribution in [3.05, 3.63) is 35.9 Å². The zero-order valence-corrected chi connectivity index (χ0v) is 13.3. The largest absolute Gasteiger partial charge is 0.469 e. The van der Waals surface area contributed by atoms with Crippen molar-refractivity contribution < 1.29 is 9.53 Å². The first kappa shape index (κ1) is 15.5. The summed E-state index contributed by atoms with van der Waals surface area (Å²) in [6, 6.07) is 11.0. The zero-order valence-electron chi connectivity index (χ0n) is 13.3. The second-order valence-corrected chi connectivity index (χ2v) is 6.65. The molecule has 120 valence electrons. The maximum Gasteiger partial charge on any atom is 0.313 e. The number of fused-ring (bicyclic) bond motifs is 1. The van der Waals surface area contributed by atoms with Gasteiger partial charge in [-0.15, -0.1) is 0 Å². The van der Waals surface area contributed by atoms with Gasteiger partial charge in [-0.05, 0) is 43.7 Å². The predicted octanol–water partition coefficient (Wildman–Crippen LogP) is 2.10. The molecule has 3 atom stereocenters. The molecule has 0 radical (unpaired) electrons. The highest BCUT2D eigenvalue weighted by Gasteiger charge is 2.50. The Hall–Kier alpha value is -1.39. The normalized spacial score (nSPS) is 31.3. The summed E-state index contributed by atoms with van der Waals surface area (Å²) >= 11 is 0. The average Bonchev–Trinajstić information content (AvgIpc) is 2.59. The van der Waals surface area contributed by atoms with Crippen LogP contribution in [0.1, 0.15) is 31.2 Å². The summed E-state index contributed by atoms with van der Waals surface area (Å²) in [5, 5.41) is 7.06. The van der Waals surface area contributed by atoms with E-state index in [1.54, 1.807) is 0 Å². The number of methoxy groups -OCH3 is 1. The predicted molar refractivity (Wildman–Crippen MR) is 86.3 cm³/mol. The van der Waals surface area contributed by atoms with Gasteiger partial charge in [0.15, 0.2) is 0 Å². The van der Waals surface area contributed by atoms with E-state index < -0.39 is 0 Å². The standard InChI is InChI=1S/C18H26N2O2/c1-22-17(21)18-9-7-16(11-15(18)8-10-19-13-18)20-12-14-5-3-2-4-6-14/h2-6,15-16,19-20H,7-13H2,1H3/t15-,16-,18-/m0/s1. The summed E-state index contributed by atoms with van der Waals surface area (Å²) in [4.78, 5) is 12.3. The summed E-state index contributed by atoms with van der Waals surface area (Å²) < 4.78 is 5.12. The summed E-state index contributed by atoms with van der Waals surface area (Å²) in [5.74, 6) is 0.412. The van der Waals surface area contributed by atoms with Crippen LogP contribution in [-0.2, 0) is 16.1 Å². The molecule has 4 nitrogen and oxygen atoms in total. The Morgan fingerprint density at radius 1 is 1.36 bits per heavy atom. The number of hydrogen-bond acceptors (Lipinski definition) is 4. The number of rotatable bonds is 4. The fourth-order valence-corrected chi connectivity index (χ4v) is 4.13. The van der Waals surface area contributed by atoms with Crippen molar-refractivity contribution in [2.45, 2.75) is 38.3 Å². The smallest absolute Gasteiger partial charge is 0.313 e. The van der Waals surface area contributed by atoms with Gasteiger partial charge in [0.25, 0.3) is 0 Å². The van der Waals surface area contributed by atoms with E-state index in [0.29, 0.717) is 12.0 Å². The van der Waals surface area contributed by atoms with Gasteiger partial charge in [0.1, 0.15) is 0 Å². The SMILES string of the molecule is COC(=O)[C@]12CC[C@H](NCc3ccccc3)C[C@@H]1CCNC2. The number of ether oxygens (including phenoxy) is 1. The van der Waals surface area contributed by atoms with Crippen LogP contribution in [0.15, 0.2) is 30.3 Å². The third-order valence-electron chi connectivity index (χ3n) is 5.43. The van der Waals surface area contributed by atoms with Crippen LogP contribution in [0.25, 0.3) is 0 Å². The molecule has 1 aromatic rings. The lowest BCUT2D eigenvalue weighted by Gasteiger charge is -2.47. The van der Waals surface area contributed by atoms with Gasteiger partial charge in [0.2, 0.25) is 0 Å². The lowest BCUT2D eigenvalue weighted by atomic mass is 9.62. The van der Waals surface area contributed by atoms with Gasteiger partial charge in [-0.3, -0.25) is 4.79 Å². The molecule has 1 saturated carbocycles. The van der Waals surface area contributed by atoms with Crippen LogP contribution in [0.3, 0.4) is 0 Å². The molecule has 1 saturated heterocycles.